The SMILES string of the molecule is O=C(O)[C@H]1CC(=O)N(c2cc(F)ccc2Cl)C1. The molecule has 17 heavy (non-hydrogen) atoms. The minimum atomic E-state index is -1.03. The van der Waals surface area contributed by atoms with Crippen LogP contribution >= 0.6 is 11.6 Å². The standard InChI is InChI=1S/C11H9ClFNO3/c12-8-2-1-7(13)4-9(8)14-5-6(11(16)17)3-10(14)15/h1-2,4,6H,3,5H2,(H,16,17)/t6-/m0/s1. The molecule has 0 aliphatic carbocycles. The lowest BCUT2D eigenvalue weighted by Crippen LogP contribution is -2.26. The van der Waals surface area contributed by atoms with Gasteiger partial charge in [0.15, 0.2) is 0 Å². The Labute approximate surface area is 102 Å². The summed E-state index contributed by atoms with van der Waals surface area (Å²) in [7, 11) is 0. The highest BCUT2D eigenvalue weighted by Gasteiger charge is 2.35. The van der Waals surface area contributed by atoms with Gasteiger partial charge in [0.05, 0.1) is 16.6 Å². The van der Waals surface area contributed by atoms with Crippen LogP contribution in [0.15, 0.2) is 18.2 Å². The molecule has 0 radical (unpaired) electrons. The number of aliphatic carboxylic acids is 1. The summed E-state index contributed by atoms with van der Waals surface area (Å²) in [5.41, 5.74) is 0.223. The molecule has 1 aromatic rings. The number of nitrogens with zero attached hydrogens (tertiary/aromatic N) is 1. The number of carboxylic acid groups (broad SMARTS) is 1. The maximum absolute atomic E-state index is 13.1. The van der Waals surface area contributed by atoms with Gasteiger partial charge in [0.1, 0.15) is 5.82 Å². The van der Waals surface area contributed by atoms with Crippen molar-refractivity contribution in [3.63, 3.8) is 0 Å². The van der Waals surface area contributed by atoms with E-state index in [1.165, 1.54) is 17.0 Å². The van der Waals surface area contributed by atoms with Crippen molar-refractivity contribution in [1.82, 2.24) is 0 Å². The van der Waals surface area contributed by atoms with Gasteiger partial charge in [0.25, 0.3) is 0 Å². The fourth-order valence-electron chi connectivity index (χ4n) is 1.80. The predicted molar refractivity (Wildman–Crippen MR) is 59.5 cm³/mol. The van der Waals surface area contributed by atoms with Crippen LogP contribution < -0.4 is 4.90 Å². The molecule has 1 aliphatic rings. The zero-order valence-corrected chi connectivity index (χ0v) is 9.45. The molecule has 1 aliphatic heterocycles. The van der Waals surface area contributed by atoms with Crippen molar-refractivity contribution in [3.8, 4) is 0 Å². The molecule has 1 N–H and O–H groups in total. The van der Waals surface area contributed by atoms with Crippen molar-refractivity contribution >= 4 is 29.2 Å². The Hall–Kier alpha value is -1.62. The van der Waals surface area contributed by atoms with Crippen molar-refractivity contribution in [2.75, 3.05) is 11.4 Å². The van der Waals surface area contributed by atoms with E-state index in [-0.39, 0.29) is 29.6 Å². The Morgan fingerprint density at radius 1 is 1.53 bits per heavy atom. The van der Waals surface area contributed by atoms with Crippen LogP contribution in [0.5, 0.6) is 0 Å². The number of carbonyl (C=O) groups excluding carboxylic acids is 1. The van der Waals surface area contributed by atoms with E-state index in [9.17, 15) is 14.0 Å². The third-order valence-electron chi connectivity index (χ3n) is 2.67. The molecule has 1 fully saturated rings. The van der Waals surface area contributed by atoms with Crippen LogP contribution in [0, 0.1) is 11.7 Å². The number of carboxylic acids is 1. The van der Waals surface area contributed by atoms with Crippen molar-refractivity contribution in [2.45, 2.75) is 6.42 Å². The van der Waals surface area contributed by atoms with Gasteiger partial charge < -0.3 is 10.0 Å². The third kappa shape index (κ3) is 2.24. The highest BCUT2D eigenvalue weighted by atomic mass is 35.5. The van der Waals surface area contributed by atoms with Gasteiger partial charge in [0.2, 0.25) is 5.91 Å². The molecule has 1 aromatic carbocycles. The van der Waals surface area contributed by atoms with Crippen LogP contribution in [0.25, 0.3) is 0 Å². The Kier molecular flexibility index (Phi) is 3.02. The van der Waals surface area contributed by atoms with Crippen LogP contribution in [0.3, 0.4) is 0 Å². The van der Waals surface area contributed by atoms with Crippen LogP contribution in [0.2, 0.25) is 5.02 Å². The monoisotopic (exact) mass is 257 g/mol. The van der Waals surface area contributed by atoms with Gasteiger partial charge in [-0.2, -0.15) is 0 Å². The average Bonchev–Trinajstić information content (AvgIpc) is 2.64. The first-order valence-corrected chi connectivity index (χ1v) is 5.35. The van der Waals surface area contributed by atoms with Crippen molar-refractivity contribution in [2.24, 2.45) is 5.92 Å². The second-order valence-electron chi connectivity index (χ2n) is 3.84. The summed E-state index contributed by atoms with van der Waals surface area (Å²) < 4.78 is 13.1. The molecule has 1 saturated heterocycles. The molecule has 0 spiro atoms. The minimum absolute atomic E-state index is 0.0251. The van der Waals surface area contributed by atoms with E-state index in [4.69, 9.17) is 16.7 Å². The van der Waals surface area contributed by atoms with Gasteiger partial charge in [-0.1, -0.05) is 11.6 Å². The summed E-state index contributed by atoms with van der Waals surface area (Å²) in [6.07, 6.45) is -0.0812. The molecule has 0 aromatic heterocycles. The smallest absolute Gasteiger partial charge is 0.308 e. The lowest BCUT2D eigenvalue weighted by molar-refractivity contribution is -0.141. The number of hydrogen-bond acceptors (Lipinski definition) is 2. The van der Waals surface area contributed by atoms with Crippen molar-refractivity contribution in [3.05, 3.63) is 29.0 Å². The number of carbonyl (C=O) groups is 2. The van der Waals surface area contributed by atoms with Gasteiger partial charge in [-0.25, -0.2) is 4.39 Å². The zero-order chi connectivity index (χ0) is 12.6. The van der Waals surface area contributed by atoms with Gasteiger partial charge in [-0.15, -0.1) is 0 Å². The van der Waals surface area contributed by atoms with E-state index in [1.807, 2.05) is 0 Å². The summed E-state index contributed by atoms with van der Waals surface area (Å²) in [6.45, 7) is 0.0251. The normalized spacial score (nSPS) is 19.8. The molecule has 0 unspecified atom stereocenters. The maximum atomic E-state index is 13.1. The number of hydrogen-bond donors (Lipinski definition) is 1. The molecular weight excluding hydrogens is 249 g/mol. The topological polar surface area (TPSA) is 57.6 Å². The summed E-state index contributed by atoms with van der Waals surface area (Å²) in [4.78, 5) is 23.6. The van der Waals surface area contributed by atoms with Crippen LogP contribution in [0.4, 0.5) is 10.1 Å². The molecule has 0 saturated carbocycles. The number of benzene rings is 1. The van der Waals surface area contributed by atoms with E-state index in [2.05, 4.69) is 0 Å². The fraction of sp³-hybridized carbons (Fsp3) is 0.273. The highest BCUT2D eigenvalue weighted by molar-refractivity contribution is 6.33. The lowest BCUT2D eigenvalue weighted by Gasteiger charge is -2.17. The molecule has 1 atom stereocenters. The fourth-order valence-corrected chi connectivity index (χ4v) is 2.02. The third-order valence-corrected chi connectivity index (χ3v) is 2.99. The van der Waals surface area contributed by atoms with Crippen LogP contribution in [-0.4, -0.2) is 23.5 Å². The van der Waals surface area contributed by atoms with Crippen LogP contribution in [-0.2, 0) is 9.59 Å². The zero-order valence-electron chi connectivity index (χ0n) is 8.69. The predicted octanol–water partition coefficient (Wildman–Crippen LogP) is 1.92. The number of amides is 1. The van der Waals surface area contributed by atoms with E-state index >= 15 is 0 Å². The van der Waals surface area contributed by atoms with E-state index in [0.29, 0.717) is 0 Å². The second kappa shape index (κ2) is 4.33. The Balaban J connectivity index is 2.32. The van der Waals surface area contributed by atoms with Crippen molar-refractivity contribution < 1.29 is 19.1 Å². The second-order valence-corrected chi connectivity index (χ2v) is 4.25. The highest BCUT2D eigenvalue weighted by Crippen LogP contribution is 2.31. The number of rotatable bonds is 2. The first kappa shape index (κ1) is 11.9. The summed E-state index contributed by atoms with van der Waals surface area (Å²) >= 11 is 5.86. The number of halogens is 2. The van der Waals surface area contributed by atoms with Gasteiger partial charge >= 0.3 is 5.97 Å². The molecule has 1 amide bonds. The molecule has 4 nitrogen and oxygen atoms in total. The van der Waals surface area contributed by atoms with E-state index < -0.39 is 17.7 Å². The maximum Gasteiger partial charge on any atom is 0.308 e. The first-order chi connectivity index (χ1) is 7.99. The Morgan fingerprint density at radius 2 is 2.24 bits per heavy atom. The quantitative estimate of drug-likeness (QED) is 0.881. The van der Waals surface area contributed by atoms with Gasteiger partial charge in [0, 0.05) is 13.0 Å². The van der Waals surface area contributed by atoms with Gasteiger partial charge in [-0.3, -0.25) is 9.59 Å². The molecule has 6 heteroatoms. The van der Waals surface area contributed by atoms with Crippen LogP contribution in [0.1, 0.15) is 6.42 Å². The molecule has 90 valence electrons. The summed E-state index contributed by atoms with van der Waals surface area (Å²) in [5, 5.41) is 9.06. The Morgan fingerprint density at radius 3 is 2.82 bits per heavy atom. The van der Waals surface area contributed by atoms with Crippen molar-refractivity contribution in [1.29, 1.82) is 0 Å². The average molecular weight is 258 g/mol. The van der Waals surface area contributed by atoms with E-state index in [1.54, 1.807) is 0 Å². The lowest BCUT2D eigenvalue weighted by atomic mass is 10.1. The molecule has 0 bridgehead atoms. The molecule has 1 heterocycles. The van der Waals surface area contributed by atoms with Gasteiger partial charge in [-0.05, 0) is 18.2 Å². The molecule has 2 rings (SSSR count). The minimum Gasteiger partial charge on any atom is -0.481 e. The van der Waals surface area contributed by atoms with E-state index in [0.717, 1.165) is 6.07 Å². The Bertz CT molecular complexity index is 492. The summed E-state index contributed by atoms with van der Waals surface area (Å²) in [5.74, 6) is -2.67. The molecular formula is C11H9ClFNO3. The largest absolute Gasteiger partial charge is 0.481 e. The first-order valence-electron chi connectivity index (χ1n) is 4.97. The summed E-state index contributed by atoms with van der Waals surface area (Å²) in [6, 6.07) is 3.65. The number of anilines is 1.